The molecule has 0 saturated carbocycles. The van der Waals surface area contributed by atoms with E-state index in [0.29, 0.717) is 16.3 Å². The molecule has 7 nitrogen and oxygen atoms in total. The Morgan fingerprint density at radius 2 is 1.91 bits per heavy atom. The number of hydrogen-bond donors (Lipinski definition) is 1. The molecule has 5 rings (SSSR count). The normalized spacial score (nSPS) is 15.0. The summed E-state index contributed by atoms with van der Waals surface area (Å²) in [5, 5.41) is 8.05. The molecule has 3 heterocycles. The Kier molecular flexibility index (Phi) is 6.32. The van der Waals surface area contributed by atoms with E-state index in [1.54, 1.807) is 16.9 Å². The quantitative estimate of drug-likeness (QED) is 0.465. The topological polar surface area (TPSA) is 65.8 Å². The first-order valence-corrected chi connectivity index (χ1v) is 11.8. The minimum Gasteiger partial charge on any atom is -0.322 e. The van der Waals surface area contributed by atoms with Gasteiger partial charge in [-0.2, -0.15) is 5.10 Å². The third-order valence-electron chi connectivity index (χ3n) is 6.35. The highest BCUT2D eigenvalue weighted by atomic mass is 35.5. The number of nitrogens with one attached hydrogen (secondary N) is 1. The number of nitrogens with zero attached hydrogens (tertiary/aromatic N) is 5. The standard InChI is InChI=1S/C26H27ClN6O/c1-18-5-6-19(14-22(18)24-16-28-25-4-3-9-29-33(24)25)26(34)30-21-8-7-20(23(27)15-21)17-32-12-10-31(2)11-13-32/h3-9,14-16H,10-13,17H2,1-2H3,(H,30,34). The van der Waals surface area contributed by atoms with Crippen LogP contribution in [0.1, 0.15) is 21.5 Å². The van der Waals surface area contributed by atoms with Crippen LogP contribution in [0.2, 0.25) is 5.02 Å². The van der Waals surface area contributed by atoms with Crippen molar-refractivity contribution in [1.82, 2.24) is 24.4 Å². The van der Waals surface area contributed by atoms with Crippen molar-refractivity contribution in [1.29, 1.82) is 0 Å². The van der Waals surface area contributed by atoms with Gasteiger partial charge in [0.15, 0.2) is 5.65 Å². The maximum Gasteiger partial charge on any atom is 0.255 e. The van der Waals surface area contributed by atoms with E-state index in [0.717, 1.165) is 60.8 Å². The molecule has 34 heavy (non-hydrogen) atoms. The van der Waals surface area contributed by atoms with E-state index in [1.807, 2.05) is 55.5 Å². The molecule has 2 aromatic heterocycles. The van der Waals surface area contributed by atoms with Crippen molar-refractivity contribution in [2.45, 2.75) is 13.5 Å². The first-order valence-electron chi connectivity index (χ1n) is 11.4. The van der Waals surface area contributed by atoms with Crippen LogP contribution >= 0.6 is 11.6 Å². The van der Waals surface area contributed by atoms with Crippen molar-refractivity contribution in [3.63, 3.8) is 0 Å². The molecule has 1 N–H and O–H groups in total. The second kappa shape index (κ2) is 9.54. The Hall–Kier alpha value is -3.26. The summed E-state index contributed by atoms with van der Waals surface area (Å²) in [6.07, 6.45) is 3.51. The first-order chi connectivity index (χ1) is 16.5. The number of imidazole rings is 1. The van der Waals surface area contributed by atoms with Crippen LogP contribution in [0.15, 0.2) is 60.9 Å². The maximum atomic E-state index is 13.0. The Morgan fingerprint density at radius 1 is 1.09 bits per heavy atom. The second-order valence-corrected chi connectivity index (χ2v) is 9.21. The fraction of sp³-hybridized carbons (Fsp3) is 0.269. The molecule has 8 heteroatoms. The van der Waals surface area contributed by atoms with Crippen molar-refractivity contribution in [2.75, 3.05) is 38.5 Å². The average Bonchev–Trinajstić information content (AvgIpc) is 3.26. The van der Waals surface area contributed by atoms with E-state index in [-0.39, 0.29) is 5.91 Å². The molecule has 0 aliphatic carbocycles. The van der Waals surface area contributed by atoms with Gasteiger partial charge in [0.2, 0.25) is 0 Å². The smallest absolute Gasteiger partial charge is 0.255 e. The van der Waals surface area contributed by atoms with Gasteiger partial charge in [-0.15, -0.1) is 0 Å². The largest absolute Gasteiger partial charge is 0.322 e. The molecule has 1 amide bonds. The number of amides is 1. The zero-order valence-corrected chi connectivity index (χ0v) is 20.1. The number of anilines is 1. The molecule has 0 bridgehead atoms. The maximum absolute atomic E-state index is 13.0. The minimum absolute atomic E-state index is 0.189. The van der Waals surface area contributed by atoms with E-state index >= 15 is 0 Å². The highest BCUT2D eigenvalue weighted by molar-refractivity contribution is 6.31. The zero-order valence-electron chi connectivity index (χ0n) is 19.3. The minimum atomic E-state index is -0.189. The lowest BCUT2D eigenvalue weighted by molar-refractivity contribution is 0.102. The second-order valence-electron chi connectivity index (χ2n) is 8.81. The number of carbonyl (C=O) groups is 1. The summed E-state index contributed by atoms with van der Waals surface area (Å²) in [6.45, 7) is 7.02. The van der Waals surface area contributed by atoms with E-state index in [1.165, 1.54) is 0 Å². The Labute approximate surface area is 204 Å². The Bertz CT molecular complexity index is 1340. The molecule has 2 aromatic carbocycles. The summed E-state index contributed by atoms with van der Waals surface area (Å²) >= 11 is 6.57. The number of fused-ring (bicyclic) bond motifs is 1. The highest BCUT2D eigenvalue weighted by Gasteiger charge is 2.17. The number of hydrogen-bond acceptors (Lipinski definition) is 5. The summed E-state index contributed by atoms with van der Waals surface area (Å²) in [5.41, 5.74) is 5.87. The van der Waals surface area contributed by atoms with Crippen LogP contribution in [0.3, 0.4) is 0 Å². The average molecular weight is 475 g/mol. The van der Waals surface area contributed by atoms with Gasteiger partial charge in [-0.1, -0.05) is 23.7 Å². The van der Waals surface area contributed by atoms with Crippen LogP contribution in [0.4, 0.5) is 5.69 Å². The molecule has 0 spiro atoms. The predicted octanol–water partition coefficient (Wildman–Crippen LogP) is 4.36. The third-order valence-corrected chi connectivity index (χ3v) is 6.71. The van der Waals surface area contributed by atoms with Crippen LogP contribution < -0.4 is 5.32 Å². The lowest BCUT2D eigenvalue weighted by Gasteiger charge is -2.32. The number of rotatable bonds is 5. The van der Waals surface area contributed by atoms with Crippen molar-refractivity contribution >= 4 is 28.8 Å². The van der Waals surface area contributed by atoms with Gasteiger partial charge in [-0.05, 0) is 61.5 Å². The number of aryl methyl sites for hydroxylation is 1. The SMILES string of the molecule is Cc1ccc(C(=O)Nc2ccc(CN3CCN(C)CC3)c(Cl)c2)cc1-c1cnc2cccnn12. The molecule has 0 radical (unpaired) electrons. The number of benzene rings is 2. The highest BCUT2D eigenvalue weighted by Crippen LogP contribution is 2.27. The van der Waals surface area contributed by atoms with Gasteiger partial charge in [-0.25, -0.2) is 9.50 Å². The fourth-order valence-corrected chi connectivity index (χ4v) is 4.50. The predicted molar refractivity (Wildman–Crippen MR) is 135 cm³/mol. The van der Waals surface area contributed by atoms with Gasteiger partial charge in [0.25, 0.3) is 5.91 Å². The van der Waals surface area contributed by atoms with Gasteiger partial charge >= 0.3 is 0 Å². The van der Waals surface area contributed by atoms with Crippen molar-refractivity contribution in [3.8, 4) is 11.3 Å². The molecule has 4 aromatic rings. The van der Waals surface area contributed by atoms with Crippen LogP contribution in [0.25, 0.3) is 16.9 Å². The number of likely N-dealkylation sites (N-methyl/N-ethyl adjacent to an activating group) is 1. The molecule has 174 valence electrons. The molecular formula is C26H27ClN6O. The first kappa shape index (κ1) is 22.5. The number of aromatic nitrogens is 3. The molecule has 1 aliphatic rings. The molecule has 0 unspecified atom stereocenters. The molecular weight excluding hydrogens is 448 g/mol. The third kappa shape index (κ3) is 4.68. The molecule has 1 saturated heterocycles. The van der Waals surface area contributed by atoms with Crippen LogP contribution in [0, 0.1) is 6.92 Å². The lowest BCUT2D eigenvalue weighted by Crippen LogP contribution is -2.43. The van der Waals surface area contributed by atoms with E-state index in [4.69, 9.17) is 11.6 Å². The van der Waals surface area contributed by atoms with E-state index in [2.05, 4.69) is 32.2 Å². The summed E-state index contributed by atoms with van der Waals surface area (Å²) in [5.74, 6) is -0.189. The number of carbonyl (C=O) groups excluding carboxylic acids is 1. The summed E-state index contributed by atoms with van der Waals surface area (Å²) in [4.78, 5) is 22.2. The fourth-order valence-electron chi connectivity index (χ4n) is 4.26. The van der Waals surface area contributed by atoms with Crippen LogP contribution in [-0.4, -0.2) is 63.5 Å². The van der Waals surface area contributed by atoms with Crippen molar-refractivity contribution in [3.05, 3.63) is 82.6 Å². The monoisotopic (exact) mass is 474 g/mol. The lowest BCUT2D eigenvalue weighted by atomic mass is 10.0. The molecule has 1 aliphatic heterocycles. The van der Waals surface area contributed by atoms with Gasteiger partial charge in [0.1, 0.15) is 0 Å². The van der Waals surface area contributed by atoms with Crippen molar-refractivity contribution < 1.29 is 4.79 Å². The Morgan fingerprint density at radius 3 is 2.71 bits per heavy atom. The van der Waals surface area contributed by atoms with Crippen LogP contribution in [0.5, 0.6) is 0 Å². The number of piperazine rings is 1. The number of halogens is 1. The van der Waals surface area contributed by atoms with Crippen molar-refractivity contribution in [2.24, 2.45) is 0 Å². The molecule has 0 atom stereocenters. The summed E-state index contributed by atoms with van der Waals surface area (Å²) in [6, 6.07) is 15.1. The van der Waals surface area contributed by atoms with Crippen LogP contribution in [-0.2, 0) is 6.54 Å². The Balaban J connectivity index is 1.32. The van der Waals surface area contributed by atoms with Gasteiger partial charge in [0, 0.05) is 60.8 Å². The van der Waals surface area contributed by atoms with Gasteiger partial charge < -0.3 is 10.2 Å². The summed E-state index contributed by atoms with van der Waals surface area (Å²) < 4.78 is 1.78. The van der Waals surface area contributed by atoms with Gasteiger partial charge in [0.05, 0.1) is 11.9 Å². The zero-order chi connectivity index (χ0) is 23.7. The van der Waals surface area contributed by atoms with Gasteiger partial charge in [-0.3, -0.25) is 9.69 Å². The van der Waals surface area contributed by atoms with E-state index in [9.17, 15) is 4.79 Å². The molecule has 1 fully saturated rings. The summed E-state index contributed by atoms with van der Waals surface area (Å²) in [7, 11) is 2.15. The van der Waals surface area contributed by atoms with E-state index < -0.39 is 0 Å².